The highest BCUT2D eigenvalue weighted by atomic mass is 35.5. The number of aromatic nitrogens is 1. The van der Waals surface area contributed by atoms with Crippen molar-refractivity contribution in [3.8, 4) is 0 Å². The van der Waals surface area contributed by atoms with Gasteiger partial charge in [-0.15, -0.1) is 0 Å². The van der Waals surface area contributed by atoms with E-state index in [-0.39, 0.29) is 6.04 Å². The van der Waals surface area contributed by atoms with E-state index < -0.39 is 0 Å². The Kier molecular flexibility index (Phi) is 4.73. The van der Waals surface area contributed by atoms with E-state index in [9.17, 15) is 0 Å². The molecule has 1 atom stereocenters. The van der Waals surface area contributed by atoms with E-state index in [0.29, 0.717) is 0 Å². The molecule has 0 spiro atoms. The third-order valence-electron chi connectivity index (χ3n) is 2.80. The molecule has 0 saturated carbocycles. The highest BCUT2D eigenvalue weighted by molar-refractivity contribution is 6.30. The molecular weight excluding hydrogens is 244 g/mol. The molecule has 1 N–H and O–H groups in total. The van der Waals surface area contributed by atoms with E-state index in [0.717, 1.165) is 23.6 Å². The van der Waals surface area contributed by atoms with Crippen molar-refractivity contribution in [2.24, 2.45) is 0 Å². The molecule has 2 rings (SSSR count). The fraction of sp³-hybridized carbons (Fsp3) is 0.267. The van der Waals surface area contributed by atoms with E-state index in [1.807, 2.05) is 30.5 Å². The van der Waals surface area contributed by atoms with Crippen LogP contribution in [0, 0.1) is 0 Å². The number of nitrogens with zero attached hydrogens (tertiary/aromatic N) is 1. The Morgan fingerprint density at radius 1 is 1.22 bits per heavy atom. The van der Waals surface area contributed by atoms with Gasteiger partial charge in [0.1, 0.15) is 0 Å². The Morgan fingerprint density at radius 3 is 2.72 bits per heavy atom. The molecule has 2 nitrogen and oxygen atoms in total. The molecule has 2 aromatic rings. The fourth-order valence-electron chi connectivity index (χ4n) is 1.95. The molecule has 0 aliphatic carbocycles. The molecule has 1 aromatic heterocycles. The Bertz CT molecular complexity index is 485. The number of rotatable bonds is 5. The van der Waals surface area contributed by atoms with Gasteiger partial charge < -0.3 is 5.32 Å². The summed E-state index contributed by atoms with van der Waals surface area (Å²) in [5.74, 6) is 0. The number of nitrogens with one attached hydrogen (secondary N) is 1. The zero-order chi connectivity index (χ0) is 12.8. The zero-order valence-electron chi connectivity index (χ0n) is 10.4. The summed E-state index contributed by atoms with van der Waals surface area (Å²) in [7, 11) is 0. The molecule has 3 heteroatoms. The summed E-state index contributed by atoms with van der Waals surface area (Å²) >= 11 is 6.07. The van der Waals surface area contributed by atoms with Crippen LogP contribution in [0.4, 0.5) is 0 Å². The number of pyridine rings is 1. The van der Waals surface area contributed by atoms with Crippen molar-refractivity contribution in [2.75, 3.05) is 6.54 Å². The van der Waals surface area contributed by atoms with Crippen LogP contribution in [-0.2, 0) is 0 Å². The number of hydrogen-bond donors (Lipinski definition) is 1. The Hall–Kier alpha value is -1.38. The molecule has 1 unspecified atom stereocenters. The lowest BCUT2D eigenvalue weighted by Gasteiger charge is -2.19. The number of benzene rings is 1. The first-order valence-electron chi connectivity index (χ1n) is 6.20. The molecule has 1 heterocycles. The molecule has 0 bridgehead atoms. The van der Waals surface area contributed by atoms with Crippen molar-refractivity contribution in [1.82, 2.24) is 10.3 Å². The second kappa shape index (κ2) is 6.53. The summed E-state index contributed by atoms with van der Waals surface area (Å²) in [6.45, 7) is 3.12. The van der Waals surface area contributed by atoms with Crippen molar-refractivity contribution in [3.63, 3.8) is 0 Å². The predicted molar refractivity (Wildman–Crippen MR) is 75.8 cm³/mol. The summed E-state index contributed by atoms with van der Waals surface area (Å²) in [4.78, 5) is 4.19. The van der Waals surface area contributed by atoms with Gasteiger partial charge in [-0.05, 0) is 42.3 Å². The lowest BCUT2D eigenvalue weighted by atomic mass is 10.00. The van der Waals surface area contributed by atoms with Crippen LogP contribution < -0.4 is 5.32 Å². The van der Waals surface area contributed by atoms with Crippen LogP contribution in [0.1, 0.15) is 30.5 Å². The maximum absolute atomic E-state index is 6.07. The quantitative estimate of drug-likeness (QED) is 0.884. The molecule has 0 aliphatic rings. The van der Waals surface area contributed by atoms with Gasteiger partial charge in [0, 0.05) is 17.4 Å². The Balaban J connectivity index is 2.31. The molecule has 94 valence electrons. The standard InChI is InChI=1S/C15H17ClN2/c1-2-8-18-15(13-6-4-9-17-11-13)12-5-3-7-14(16)10-12/h3-7,9-11,15,18H,2,8H2,1H3. The van der Waals surface area contributed by atoms with Gasteiger partial charge in [0.15, 0.2) is 0 Å². The topological polar surface area (TPSA) is 24.9 Å². The molecule has 18 heavy (non-hydrogen) atoms. The molecule has 0 amide bonds. The Morgan fingerprint density at radius 2 is 2.06 bits per heavy atom. The summed E-state index contributed by atoms with van der Waals surface area (Å²) in [5.41, 5.74) is 2.33. The first kappa shape index (κ1) is 13.1. The van der Waals surface area contributed by atoms with Crippen molar-refractivity contribution >= 4 is 11.6 Å². The van der Waals surface area contributed by atoms with Gasteiger partial charge in [-0.3, -0.25) is 4.98 Å². The Labute approximate surface area is 113 Å². The smallest absolute Gasteiger partial charge is 0.0592 e. The van der Waals surface area contributed by atoms with Gasteiger partial charge in [0.2, 0.25) is 0 Å². The van der Waals surface area contributed by atoms with E-state index in [1.54, 1.807) is 6.20 Å². The van der Waals surface area contributed by atoms with E-state index in [1.165, 1.54) is 5.56 Å². The molecule has 0 aliphatic heterocycles. The van der Waals surface area contributed by atoms with E-state index in [4.69, 9.17) is 11.6 Å². The predicted octanol–water partition coefficient (Wildman–Crippen LogP) is 3.82. The van der Waals surface area contributed by atoms with E-state index >= 15 is 0 Å². The lowest BCUT2D eigenvalue weighted by Crippen LogP contribution is -2.23. The van der Waals surface area contributed by atoms with E-state index in [2.05, 4.69) is 29.4 Å². The van der Waals surface area contributed by atoms with Gasteiger partial charge >= 0.3 is 0 Å². The summed E-state index contributed by atoms with van der Waals surface area (Å²) < 4.78 is 0. The molecule has 1 aromatic carbocycles. The average Bonchev–Trinajstić information content (AvgIpc) is 2.40. The summed E-state index contributed by atoms with van der Waals surface area (Å²) in [6, 6.07) is 12.2. The highest BCUT2D eigenvalue weighted by Gasteiger charge is 2.13. The van der Waals surface area contributed by atoms with Gasteiger partial charge in [-0.25, -0.2) is 0 Å². The maximum Gasteiger partial charge on any atom is 0.0592 e. The SMILES string of the molecule is CCCNC(c1cccnc1)c1cccc(Cl)c1. The van der Waals surface area contributed by atoms with Crippen LogP contribution in [0.15, 0.2) is 48.8 Å². The van der Waals surface area contributed by atoms with Crippen LogP contribution in [0.5, 0.6) is 0 Å². The highest BCUT2D eigenvalue weighted by Crippen LogP contribution is 2.23. The van der Waals surface area contributed by atoms with Gasteiger partial charge in [0.05, 0.1) is 6.04 Å². The summed E-state index contributed by atoms with van der Waals surface area (Å²) in [6.07, 6.45) is 4.78. The van der Waals surface area contributed by atoms with Crippen LogP contribution in [-0.4, -0.2) is 11.5 Å². The third-order valence-corrected chi connectivity index (χ3v) is 3.03. The van der Waals surface area contributed by atoms with Crippen LogP contribution >= 0.6 is 11.6 Å². The normalized spacial score (nSPS) is 12.3. The maximum atomic E-state index is 6.07. The largest absolute Gasteiger partial charge is 0.306 e. The minimum atomic E-state index is 0.150. The number of halogens is 1. The second-order valence-electron chi connectivity index (χ2n) is 4.23. The van der Waals surface area contributed by atoms with Crippen molar-refractivity contribution in [1.29, 1.82) is 0 Å². The zero-order valence-corrected chi connectivity index (χ0v) is 11.2. The molecule has 0 radical (unpaired) electrons. The van der Waals surface area contributed by atoms with Crippen LogP contribution in [0.2, 0.25) is 5.02 Å². The molecule has 0 saturated heterocycles. The first-order chi connectivity index (χ1) is 8.81. The third kappa shape index (κ3) is 3.31. The van der Waals surface area contributed by atoms with Gasteiger partial charge in [-0.2, -0.15) is 0 Å². The van der Waals surface area contributed by atoms with Gasteiger partial charge in [0.25, 0.3) is 0 Å². The van der Waals surface area contributed by atoms with Crippen molar-refractivity contribution in [2.45, 2.75) is 19.4 Å². The average molecular weight is 261 g/mol. The molecule has 0 fully saturated rings. The monoisotopic (exact) mass is 260 g/mol. The lowest BCUT2D eigenvalue weighted by molar-refractivity contribution is 0.597. The van der Waals surface area contributed by atoms with Gasteiger partial charge in [-0.1, -0.05) is 36.7 Å². The minimum absolute atomic E-state index is 0.150. The van der Waals surface area contributed by atoms with Crippen LogP contribution in [0.25, 0.3) is 0 Å². The second-order valence-corrected chi connectivity index (χ2v) is 4.66. The fourth-order valence-corrected chi connectivity index (χ4v) is 2.15. The van der Waals surface area contributed by atoms with Crippen LogP contribution in [0.3, 0.4) is 0 Å². The first-order valence-corrected chi connectivity index (χ1v) is 6.58. The molecular formula is C15H17ClN2. The van der Waals surface area contributed by atoms with Crippen molar-refractivity contribution < 1.29 is 0 Å². The van der Waals surface area contributed by atoms with Crippen molar-refractivity contribution in [3.05, 3.63) is 64.9 Å². The summed E-state index contributed by atoms with van der Waals surface area (Å²) in [5, 5.41) is 4.29. The number of hydrogen-bond acceptors (Lipinski definition) is 2. The minimum Gasteiger partial charge on any atom is -0.306 e.